The lowest BCUT2D eigenvalue weighted by Gasteiger charge is -2.30. The van der Waals surface area contributed by atoms with Crippen LogP contribution in [0.2, 0.25) is 0 Å². The minimum absolute atomic E-state index is 0.174. The minimum Gasteiger partial charge on any atom is -0.341 e. The van der Waals surface area contributed by atoms with E-state index in [1.54, 1.807) is 11.9 Å². The molecule has 22 heavy (non-hydrogen) atoms. The Bertz CT molecular complexity index is 383. The van der Waals surface area contributed by atoms with Gasteiger partial charge in [0.05, 0.1) is 0 Å². The van der Waals surface area contributed by atoms with Gasteiger partial charge in [0.1, 0.15) is 5.54 Å². The molecule has 0 unspecified atom stereocenters. The van der Waals surface area contributed by atoms with Crippen LogP contribution in [-0.4, -0.2) is 60.9 Å². The maximum atomic E-state index is 12.8. The summed E-state index contributed by atoms with van der Waals surface area (Å²) in [6, 6.07) is 0. The second-order valence-electron chi connectivity index (χ2n) is 6.26. The summed E-state index contributed by atoms with van der Waals surface area (Å²) < 4.78 is 0. The molecule has 0 spiro atoms. The predicted octanol–water partition coefficient (Wildman–Crippen LogP) is 2.47. The first-order chi connectivity index (χ1) is 10.5. The van der Waals surface area contributed by atoms with Gasteiger partial charge in [0.15, 0.2) is 0 Å². The fourth-order valence-electron chi connectivity index (χ4n) is 3.08. The highest BCUT2D eigenvalue weighted by Crippen LogP contribution is 2.27. The molecule has 1 saturated heterocycles. The molecule has 0 aromatic rings. The van der Waals surface area contributed by atoms with Gasteiger partial charge in [0.2, 0.25) is 5.96 Å². The van der Waals surface area contributed by atoms with Crippen molar-refractivity contribution in [2.45, 2.75) is 64.8 Å². The van der Waals surface area contributed by atoms with Crippen molar-refractivity contribution >= 4 is 11.9 Å². The molecule has 1 amide bonds. The van der Waals surface area contributed by atoms with E-state index in [1.807, 2.05) is 7.05 Å². The van der Waals surface area contributed by atoms with Gasteiger partial charge in [0.25, 0.3) is 5.91 Å². The van der Waals surface area contributed by atoms with Crippen LogP contribution in [0.15, 0.2) is 4.99 Å². The van der Waals surface area contributed by atoms with Crippen molar-refractivity contribution in [2.75, 3.05) is 33.7 Å². The molecule has 1 aliphatic rings. The van der Waals surface area contributed by atoms with Gasteiger partial charge in [-0.25, -0.2) is 0 Å². The second kappa shape index (κ2) is 9.13. The van der Waals surface area contributed by atoms with E-state index in [0.717, 1.165) is 45.3 Å². The van der Waals surface area contributed by atoms with E-state index >= 15 is 0 Å². The number of nitrogens with one attached hydrogen (secondary N) is 1. The Morgan fingerprint density at radius 1 is 1.14 bits per heavy atom. The number of guanidine groups is 1. The third-order valence-electron chi connectivity index (χ3n) is 4.68. The predicted molar refractivity (Wildman–Crippen MR) is 93.2 cm³/mol. The fraction of sp³-hybridized carbons (Fsp3) is 0.882. The van der Waals surface area contributed by atoms with Gasteiger partial charge >= 0.3 is 0 Å². The number of amides is 1. The first-order valence-corrected chi connectivity index (χ1v) is 8.80. The highest BCUT2D eigenvalue weighted by atomic mass is 16.2. The lowest BCUT2D eigenvalue weighted by Crippen LogP contribution is -2.49. The first-order valence-electron chi connectivity index (χ1n) is 8.80. The quantitative estimate of drug-likeness (QED) is 0.674. The van der Waals surface area contributed by atoms with Crippen LogP contribution in [0, 0.1) is 0 Å². The van der Waals surface area contributed by atoms with Gasteiger partial charge in [-0.1, -0.05) is 40.0 Å². The van der Waals surface area contributed by atoms with Gasteiger partial charge in [-0.3, -0.25) is 14.7 Å². The number of likely N-dealkylation sites (N-methyl/N-ethyl adjacent to an activating group) is 1. The molecular weight excluding hydrogens is 276 g/mol. The van der Waals surface area contributed by atoms with E-state index in [2.05, 4.69) is 36.0 Å². The molecule has 128 valence electrons. The lowest BCUT2D eigenvalue weighted by molar-refractivity contribution is -0.130. The summed E-state index contributed by atoms with van der Waals surface area (Å²) in [6.45, 7) is 9.72. The van der Waals surface area contributed by atoms with E-state index in [1.165, 1.54) is 12.8 Å². The molecule has 5 nitrogen and oxygen atoms in total. The topological polar surface area (TPSA) is 47.9 Å². The third kappa shape index (κ3) is 4.45. The molecule has 0 saturated carbocycles. The van der Waals surface area contributed by atoms with Crippen LogP contribution in [0.1, 0.15) is 59.3 Å². The van der Waals surface area contributed by atoms with Crippen molar-refractivity contribution < 1.29 is 4.79 Å². The largest absolute Gasteiger partial charge is 0.341 e. The van der Waals surface area contributed by atoms with Gasteiger partial charge in [-0.05, 0) is 32.4 Å². The highest BCUT2D eigenvalue weighted by molar-refractivity contribution is 6.08. The second-order valence-corrected chi connectivity index (χ2v) is 6.26. The van der Waals surface area contributed by atoms with Crippen molar-refractivity contribution in [3.8, 4) is 0 Å². The van der Waals surface area contributed by atoms with Crippen LogP contribution >= 0.6 is 0 Å². The molecule has 0 bridgehead atoms. The zero-order chi connectivity index (χ0) is 16.6. The molecule has 1 heterocycles. The SMILES string of the molecule is CCCCN(CC)CC[C@@]1(CCCC)NC(=NC)N(C)C1=O. The molecule has 0 radical (unpaired) electrons. The van der Waals surface area contributed by atoms with E-state index < -0.39 is 5.54 Å². The molecule has 1 fully saturated rings. The van der Waals surface area contributed by atoms with Gasteiger partial charge in [-0.15, -0.1) is 0 Å². The maximum absolute atomic E-state index is 12.8. The Morgan fingerprint density at radius 3 is 2.32 bits per heavy atom. The van der Waals surface area contributed by atoms with E-state index in [-0.39, 0.29) is 5.91 Å². The van der Waals surface area contributed by atoms with Crippen molar-refractivity contribution in [1.29, 1.82) is 0 Å². The zero-order valence-corrected chi connectivity index (χ0v) is 15.1. The molecule has 1 aliphatic heterocycles. The molecule has 1 N–H and O–H groups in total. The van der Waals surface area contributed by atoms with Crippen LogP contribution in [0.4, 0.5) is 0 Å². The highest BCUT2D eigenvalue weighted by Gasteiger charge is 2.47. The molecule has 0 aromatic heterocycles. The van der Waals surface area contributed by atoms with Crippen LogP contribution in [0.25, 0.3) is 0 Å². The number of nitrogens with zero attached hydrogens (tertiary/aromatic N) is 3. The Morgan fingerprint density at radius 2 is 1.82 bits per heavy atom. The molecule has 1 atom stereocenters. The summed E-state index contributed by atoms with van der Waals surface area (Å²) in [5.41, 5.74) is -0.459. The maximum Gasteiger partial charge on any atom is 0.254 e. The molecule has 0 aromatic carbocycles. The van der Waals surface area contributed by atoms with Crippen LogP contribution in [0.5, 0.6) is 0 Å². The van der Waals surface area contributed by atoms with Gasteiger partial charge in [0, 0.05) is 20.6 Å². The number of rotatable bonds is 10. The molecule has 0 aliphatic carbocycles. The summed E-state index contributed by atoms with van der Waals surface area (Å²) in [5, 5.41) is 3.42. The average molecular weight is 310 g/mol. The number of hydrogen-bond donors (Lipinski definition) is 1. The van der Waals surface area contributed by atoms with Gasteiger partial charge in [-0.2, -0.15) is 0 Å². The summed E-state index contributed by atoms with van der Waals surface area (Å²) in [4.78, 5) is 21.1. The monoisotopic (exact) mass is 310 g/mol. The summed E-state index contributed by atoms with van der Waals surface area (Å²) in [5.74, 6) is 0.880. The number of hydrogen-bond acceptors (Lipinski definition) is 3. The first kappa shape index (κ1) is 18.9. The normalized spacial score (nSPS) is 23.6. The lowest BCUT2D eigenvalue weighted by atomic mass is 9.88. The Labute approximate surface area is 136 Å². The van der Waals surface area contributed by atoms with Crippen molar-refractivity contribution in [3.63, 3.8) is 0 Å². The average Bonchev–Trinajstić information content (AvgIpc) is 2.78. The van der Waals surface area contributed by atoms with Crippen molar-refractivity contribution in [3.05, 3.63) is 0 Å². The van der Waals surface area contributed by atoms with E-state index in [4.69, 9.17) is 0 Å². The van der Waals surface area contributed by atoms with Crippen LogP contribution < -0.4 is 5.32 Å². The Balaban J connectivity index is 2.78. The summed E-state index contributed by atoms with van der Waals surface area (Å²) >= 11 is 0. The minimum atomic E-state index is -0.459. The van der Waals surface area contributed by atoms with Crippen molar-refractivity contribution in [1.82, 2.24) is 15.1 Å². The standard InChI is InChI=1S/C17H34N4O/c1-6-9-11-17(12-14-21(8-3)13-10-7-2)15(22)20(5)16(18-4)19-17/h6-14H2,1-5H3,(H,18,19)/t17-/m1/s1. The number of aliphatic imine (C=N–C) groups is 1. The van der Waals surface area contributed by atoms with Crippen molar-refractivity contribution in [2.24, 2.45) is 4.99 Å². The van der Waals surface area contributed by atoms with Crippen LogP contribution in [-0.2, 0) is 4.79 Å². The summed E-state index contributed by atoms with van der Waals surface area (Å²) in [7, 11) is 3.56. The van der Waals surface area contributed by atoms with E-state index in [9.17, 15) is 4.79 Å². The van der Waals surface area contributed by atoms with Crippen LogP contribution in [0.3, 0.4) is 0 Å². The molecular formula is C17H34N4O. The fourth-order valence-corrected chi connectivity index (χ4v) is 3.08. The number of unbranched alkanes of at least 4 members (excludes halogenated alkanes) is 2. The smallest absolute Gasteiger partial charge is 0.254 e. The number of carbonyl (C=O) groups is 1. The zero-order valence-electron chi connectivity index (χ0n) is 15.1. The molecule has 1 rings (SSSR count). The number of carbonyl (C=O) groups excluding carboxylic acids is 1. The van der Waals surface area contributed by atoms with E-state index in [0.29, 0.717) is 5.96 Å². The Hall–Kier alpha value is -1.10. The summed E-state index contributed by atoms with van der Waals surface area (Å²) in [6.07, 6.45) is 6.34. The van der Waals surface area contributed by atoms with Gasteiger partial charge < -0.3 is 10.2 Å². The Kier molecular flexibility index (Phi) is 7.87. The third-order valence-corrected chi connectivity index (χ3v) is 4.68. The molecule has 5 heteroatoms.